The minimum atomic E-state index is 0.773. The molecule has 32 heavy (non-hydrogen) atoms. The Morgan fingerprint density at radius 2 is 1.59 bits per heavy atom. The average molecular weight is 460 g/mol. The number of hydrogen-bond donors (Lipinski definition) is 1. The Bertz CT molecular complexity index is 1600. The first kappa shape index (κ1) is 19.0. The van der Waals surface area contributed by atoms with Gasteiger partial charge in [-0.05, 0) is 42.5 Å². The van der Waals surface area contributed by atoms with Gasteiger partial charge in [-0.3, -0.25) is 0 Å². The third-order valence-electron chi connectivity index (χ3n) is 5.16. The maximum Gasteiger partial charge on any atom is 0.213 e. The molecule has 0 aliphatic heterocycles. The van der Waals surface area contributed by atoms with Gasteiger partial charge in [0.2, 0.25) is 5.13 Å². The van der Waals surface area contributed by atoms with E-state index in [0.717, 1.165) is 58.9 Å². The van der Waals surface area contributed by atoms with Crippen molar-refractivity contribution in [2.75, 3.05) is 19.5 Å². The van der Waals surface area contributed by atoms with Crippen molar-refractivity contribution < 1.29 is 9.47 Å². The molecule has 0 aliphatic rings. The summed E-state index contributed by atoms with van der Waals surface area (Å²) in [5, 5.41) is 10.9. The Kier molecular flexibility index (Phi) is 4.44. The van der Waals surface area contributed by atoms with Gasteiger partial charge < -0.3 is 14.8 Å². The number of aromatic nitrogens is 4. The lowest BCUT2D eigenvalue weighted by Gasteiger charge is -2.05. The summed E-state index contributed by atoms with van der Waals surface area (Å²) in [4.78, 5) is 9.57. The summed E-state index contributed by atoms with van der Waals surface area (Å²) in [6.07, 6.45) is 0. The van der Waals surface area contributed by atoms with Crippen LogP contribution in [-0.4, -0.2) is 34.0 Å². The van der Waals surface area contributed by atoms with Crippen LogP contribution in [-0.2, 0) is 0 Å². The van der Waals surface area contributed by atoms with Crippen molar-refractivity contribution in [1.29, 1.82) is 0 Å². The fourth-order valence-electron chi connectivity index (χ4n) is 3.59. The molecule has 0 amide bonds. The number of benzene rings is 3. The molecule has 7 nitrogen and oxygen atoms in total. The van der Waals surface area contributed by atoms with Crippen LogP contribution in [0.1, 0.15) is 0 Å². The third-order valence-corrected chi connectivity index (χ3v) is 7.11. The minimum absolute atomic E-state index is 0.773. The van der Waals surface area contributed by atoms with E-state index in [0.29, 0.717) is 0 Å². The van der Waals surface area contributed by atoms with E-state index in [9.17, 15) is 0 Å². The molecule has 3 aromatic carbocycles. The first-order valence-corrected chi connectivity index (χ1v) is 11.5. The van der Waals surface area contributed by atoms with Crippen molar-refractivity contribution in [1.82, 2.24) is 19.7 Å². The van der Waals surface area contributed by atoms with Crippen molar-refractivity contribution in [3.8, 4) is 16.6 Å². The molecule has 0 aliphatic carbocycles. The Labute approximate surface area is 190 Å². The number of hydrogen-bond acceptors (Lipinski definition) is 8. The fourth-order valence-corrected chi connectivity index (χ4v) is 5.39. The normalized spacial score (nSPS) is 11.4. The van der Waals surface area contributed by atoms with Crippen molar-refractivity contribution >= 4 is 65.0 Å². The van der Waals surface area contributed by atoms with Gasteiger partial charge in [0.1, 0.15) is 17.3 Å². The molecule has 0 fully saturated rings. The smallest absolute Gasteiger partial charge is 0.213 e. The number of rotatable bonds is 5. The van der Waals surface area contributed by atoms with Gasteiger partial charge in [-0.25, -0.2) is 9.97 Å². The van der Waals surface area contributed by atoms with E-state index < -0.39 is 0 Å². The number of anilines is 2. The zero-order chi connectivity index (χ0) is 21.7. The molecule has 0 spiro atoms. The lowest BCUT2D eigenvalue weighted by Crippen LogP contribution is -2.02. The number of thiazole rings is 2. The lowest BCUT2D eigenvalue weighted by molar-refractivity contribution is 0.415. The van der Waals surface area contributed by atoms with E-state index >= 15 is 0 Å². The summed E-state index contributed by atoms with van der Waals surface area (Å²) in [6, 6.07) is 19.8. The number of nitrogens with one attached hydrogen (secondary N) is 1. The van der Waals surface area contributed by atoms with Gasteiger partial charge in [-0.1, -0.05) is 34.8 Å². The van der Waals surface area contributed by atoms with Crippen molar-refractivity contribution in [3.05, 3.63) is 60.7 Å². The van der Waals surface area contributed by atoms with Gasteiger partial charge in [0.25, 0.3) is 0 Å². The van der Waals surface area contributed by atoms with Gasteiger partial charge in [0.05, 0.1) is 40.2 Å². The second-order valence-corrected chi connectivity index (χ2v) is 9.13. The minimum Gasteiger partial charge on any atom is -0.497 e. The summed E-state index contributed by atoms with van der Waals surface area (Å²) in [6.45, 7) is 0. The van der Waals surface area contributed by atoms with Crippen LogP contribution in [0.3, 0.4) is 0 Å². The molecule has 0 saturated carbocycles. The molecule has 9 heteroatoms. The highest BCUT2D eigenvalue weighted by atomic mass is 32.1. The fraction of sp³-hybridized carbons (Fsp3) is 0.0870. The average Bonchev–Trinajstić information content (AvgIpc) is 3.52. The highest BCUT2D eigenvalue weighted by molar-refractivity contribution is 7.22. The van der Waals surface area contributed by atoms with E-state index in [1.54, 1.807) is 36.9 Å². The van der Waals surface area contributed by atoms with Crippen molar-refractivity contribution in [3.63, 3.8) is 0 Å². The maximum atomic E-state index is 5.35. The van der Waals surface area contributed by atoms with Crippen molar-refractivity contribution in [2.45, 2.75) is 0 Å². The molecular formula is C23H17N5O2S2. The SMILES string of the molecule is COc1ccc2sc(-n3nc4ccccc4c3Nc3nc4ccc(OC)cc4s3)nc2c1. The van der Waals surface area contributed by atoms with Crippen LogP contribution in [0.4, 0.5) is 10.9 Å². The van der Waals surface area contributed by atoms with Crippen molar-refractivity contribution in [2.24, 2.45) is 0 Å². The Morgan fingerprint density at radius 1 is 0.781 bits per heavy atom. The highest BCUT2D eigenvalue weighted by Crippen LogP contribution is 2.36. The first-order chi connectivity index (χ1) is 15.7. The molecule has 3 aromatic heterocycles. The number of fused-ring (bicyclic) bond motifs is 3. The zero-order valence-corrected chi connectivity index (χ0v) is 18.8. The molecule has 1 N–H and O–H groups in total. The molecule has 6 aromatic rings. The molecule has 3 heterocycles. The topological polar surface area (TPSA) is 74.1 Å². The quantitative estimate of drug-likeness (QED) is 0.341. The molecule has 6 rings (SSSR count). The molecule has 158 valence electrons. The summed E-state index contributed by atoms with van der Waals surface area (Å²) in [5.41, 5.74) is 2.68. The predicted octanol–water partition coefficient (Wildman–Crippen LogP) is 6.01. The highest BCUT2D eigenvalue weighted by Gasteiger charge is 2.18. The summed E-state index contributed by atoms with van der Waals surface area (Å²) < 4.78 is 14.7. The monoisotopic (exact) mass is 459 g/mol. The summed E-state index contributed by atoms with van der Waals surface area (Å²) in [7, 11) is 3.32. The van der Waals surface area contributed by atoms with Crippen LogP contribution >= 0.6 is 22.7 Å². The third kappa shape index (κ3) is 3.14. The van der Waals surface area contributed by atoms with Gasteiger partial charge in [0.15, 0.2) is 5.13 Å². The van der Waals surface area contributed by atoms with Crippen LogP contribution in [0, 0.1) is 0 Å². The maximum absolute atomic E-state index is 5.35. The summed E-state index contributed by atoms with van der Waals surface area (Å²) >= 11 is 3.15. The second-order valence-electron chi connectivity index (χ2n) is 7.09. The summed E-state index contributed by atoms with van der Waals surface area (Å²) in [5.74, 6) is 2.42. The molecule has 0 saturated heterocycles. The Morgan fingerprint density at radius 3 is 2.47 bits per heavy atom. The van der Waals surface area contributed by atoms with E-state index in [1.807, 2.05) is 65.3 Å². The van der Waals surface area contributed by atoms with Gasteiger partial charge in [0, 0.05) is 11.5 Å². The number of methoxy groups -OCH3 is 2. The first-order valence-electron chi connectivity index (χ1n) is 9.86. The van der Waals surface area contributed by atoms with E-state index in [2.05, 4.69) is 5.32 Å². The van der Waals surface area contributed by atoms with Crippen LogP contribution in [0.15, 0.2) is 60.7 Å². The van der Waals surface area contributed by atoms with Crippen LogP contribution in [0.5, 0.6) is 11.5 Å². The Hall–Kier alpha value is -3.69. The van der Waals surface area contributed by atoms with Crippen LogP contribution in [0.2, 0.25) is 0 Å². The van der Waals surface area contributed by atoms with Crippen LogP contribution in [0.25, 0.3) is 36.5 Å². The van der Waals surface area contributed by atoms with Gasteiger partial charge >= 0.3 is 0 Å². The van der Waals surface area contributed by atoms with Gasteiger partial charge in [-0.15, -0.1) is 0 Å². The molecule has 0 unspecified atom stereocenters. The zero-order valence-electron chi connectivity index (χ0n) is 17.2. The second kappa shape index (κ2) is 7.47. The molecule has 0 atom stereocenters. The lowest BCUT2D eigenvalue weighted by atomic mass is 10.2. The predicted molar refractivity (Wildman–Crippen MR) is 130 cm³/mol. The molecular weight excluding hydrogens is 442 g/mol. The number of ether oxygens (including phenoxy) is 2. The molecule has 0 bridgehead atoms. The Balaban J connectivity index is 1.49. The standard InChI is InChI=1S/C23H17N5O2S2/c1-29-13-8-10-19-18(11-13)25-23(32-19)28-21(15-5-3-4-6-16(15)27-28)26-22-24-17-9-7-14(30-2)12-20(17)31-22/h3-12H,1-2H3,(H,24,26). The van der Waals surface area contributed by atoms with Gasteiger partial charge in [-0.2, -0.15) is 9.78 Å². The van der Waals surface area contributed by atoms with E-state index in [-0.39, 0.29) is 0 Å². The van der Waals surface area contributed by atoms with Crippen LogP contribution < -0.4 is 14.8 Å². The molecule has 0 radical (unpaired) electrons. The van der Waals surface area contributed by atoms with E-state index in [4.69, 9.17) is 24.5 Å². The van der Waals surface area contributed by atoms with E-state index in [1.165, 1.54) is 0 Å². The number of nitrogens with zero attached hydrogens (tertiary/aromatic N) is 4. The largest absolute Gasteiger partial charge is 0.497 e.